The minimum Gasteiger partial charge on any atom is -0.309 e. The summed E-state index contributed by atoms with van der Waals surface area (Å²) in [6, 6.07) is 13.6. The molecule has 0 aliphatic heterocycles. The summed E-state index contributed by atoms with van der Waals surface area (Å²) in [7, 11) is 0. The predicted molar refractivity (Wildman–Crippen MR) is 109 cm³/mol. The van der Waals surface area contributed by atoms with Crippen LogP contribution in [0.15, 0.2) is 60.0 Å². The third-order valence-corrected chi connectivity index (χ3v) is 5.07. The number of nitrogens with zero attached hydrogens (tertiary/aromatic N) is 5. The van der Waals surface area contributed by atoms with Gasteiger partial charge in [0.1, 0.15) is 0 Å². The molecule has 0 saturated carbocycles. The van der Waals surface area contributed by atoms with E-state index in [1.54, 1.807) is 12.4 Å². The number of thioether (sulfide) groups is 1. The molecule has 0 bridgehead atoms. The van der Waals surface area contributed by atoms with E-state index in [9.17, 15) is 4.79 Å². The number of anilines is 1. The second kappa shape index (κ2) is 8.81. The van der Waals surface area contributed by atoms with Crippen LogP contribution >= 0.6 is 11.8 Å². The van der Waals surface area contributed by atoms with Crippen molar-refractivity contribution in [1.82, 2.24) is 19.7 Å². The van der Waals surface area contributed by atoms with Crippen molar-refractivity contribution in [2.45, 2.75) is 38.5 Å². The van der Waals surface area contributed by atoms with E-state index in [1.165, 1.54) is 11.8 Å². The lowest BCUT2D eigenvalue weighted by Gasteiger charge is -2.26. The van der Waals surface area contributed by atoms with E-state index in [0.717, 1.165) is 28.8 Å². The molecular weight excluding hydrogens is 358 g/mol. The molecule has 140 valence electrons. The minimum absolute atomic E-state index is 0.0531. The molecular formula is C20H23N5OS. The van der Waals surface area contributed by atoms with Gasteiger partial charge in [0.25, 0.3) is 0 Å². The Morgan fingerprint density at radius 1 is 1.11 bits per heavy atom. The Balaban J connectivity index is 1.76. The van der Waals surface area contributed by atoms with Crippen LogP contribution in [0.3, 0.4) is 0 Å². The van der Waals surface area contributed by atoms with Gasteiger partial charge in [0.2, 0.25) is 5.91 Å². The first-order chi connectivity index (χ1) is 13.1. The van der Waals surface area contributed by atoms with Crippen molar-refractivity contribution < 1.29 is 4.79 Å². The van der Waals surface area contributed by atoms with E-state index >= 15 is 0 Å². The summed E-state index contributed by atoms with van der Waals surface area (Å²) < 4.78 is 2.02. The Kier molecular flexibility index (Phi) is 6.24. The van der Waals surface area contributed by atoms with Crippen molar-refractivity contribution in [3.05, 3.63) is 54.9 Å². The highest BCUT2D eigenvalue weighted by molar-refractivity contribution is 7.99. The molecule has 27 heavy (non-hydrogen) atoms. The second-order valence-corrected chi connectivity index (χ2v) is 7.21. The zero-order chi connectivity index (χ0) is 19.2. The van der Waals surface area contributed by atoms with E-state index in [0.29, 0.717) is 5.75 Å². The molecule has 0 aliphatic rings. The molecule has 3 rings (SSSR count). The zero-order valence-corrected chi connectivity index (χ0v) is 16.6. The van der Waals surface area contributed by atoms with Gasteiger partial charge >= 0.3 is 0 Å². The van der Waals surface area contributed by atoms with E-state index in [-0.39, 0.29) is 11.9 Å². The van der Waals surface area contributed by atoms with Crippen molar-refractivity contribution in [2.24, 2.45) is 0 Å². The molecule has 0 aliphatic carbocycles. The molecule has 0 unspecified atom stereocenters. The molecule has 7 heteroatoms. The lowest BCUT2D eigenvalue weighted by Crippen LogP contribution is -2.38. The largest absolute Gasteiger partial charge is 0.309 e. The molecule has 0 spiro atoms. The van der Waals surface area contributed by atoms with E-state index in [4.69, 9.17) is 0 Å². The summed E-state index contributed by atoms with van der Waals surface area (Å²) in [5, 5.41) is 9.35. The molecule has 1 aromatic carbocycles. The van der Waals surface area contributed by atoms with Crippen LogP contribution in [0.2, 0.25) is 0 Å². The Bertz CT molecular complexity index is 880. The normalized spacial score (nSPS) is 11.0. The number of carbonyl (C=O) groups excluding carboxylic acids is 1. The van der Waals surface area contributed by atoms with Crippen molar-refractivity contribution in [3.63, 3.8) is 0 Å². The number of carbonyl (C=O) groups is 1. The fourth-order valence-electron chi connectivity index (χ4n) is 2.91. The Labute approximate surface area is 163 Å². The van der Waals surface area contributed by atoms with E-state index in [1.807, 2.05) is 72.7 Å². The van der Waals surface area contributed by atoms with Gasteiger partial charge in [0.15, 0.2) is 11.0 Å². The van der Waals surface area contributed by atoms with Crippen LogP contribution in [0, 0.1) is 0 Å². The molecule has 2 heterocycles. The third-order valence-electron chi connectivity index (χ3n) is 4.12. The van der Waals surface area contributed by atoms with Gasteiger partial charge in [-0.1, -0.05) is 30.0 Å². The van der Waals surface area contributed by atoms with Crippen LogP contribution in [0.4, 0.5) is 5.69 Å². The lowest BCUT2D eigenvalue weighted by molar-refractivity contribution is -0.116. The number of hydrogen-bond donors (Lipinski definition) is 0. The monoisotopic (exact) mass is 381 g/mol. The first-order valence-electron chi connectivity index (χ1n) is 8.95. The average molecular weight is 382 g/mol. The molecule has 2 aromatic heterocycles. The van der Waals surface area contributed by atoms with Crippen LogP contribution in [-0.4, -0.2) is 37.5 Å². The zero-order valence-electron chi connectivity index (χ0n) is 15.7. The molecule has 3 aromatic rings. The maximum atomic E-state index is 12.9. The quantitative estimate of drug-likeness (QED) is 0.581. The Morgan fingerprint density at radius 2 is 1.81 bits per heavy atom. The molecule has 1 amide bonds. The molecule has 0 fully saturated rings. The highest BCUT2D eigenvalue weighted by atomic mass is 32.2. The van der Waals surface area contributed by atoms with Gasteiger partial charge < -0.3 is 9.47 Å². The molecule has 0 saturated heterocycles. The van der Waals surface area contributed by atoms with Gasteiger partial charge in [-0.25, -0.2) is 0 Å². The van der Waals surface area contributed by atoms with E-state index < -0.39 is 0 Å². The second-order valence-electron chi connectivity index (χ2n) is 6.27. The van der Waals surface area contributed by atoms with Crippen LogP contribution in [0.1, 0.15) is 20.8 Å². The summed E-state index contributed by atoms with van der Waals surface area (Å²) in [6.07, 6.45) is 3.47. The smallest absolute Gasteiger partial charge is 0.237 e. The number of hydrogen-bond acceptors (Lipinski definition) is 5. The highest BCUT2D eigenvalue weighted by Crippen LogP contribution is 2.25. The summed E-state index contributed by atoms with van der Waals surface area (Å²) in [5.41, 5.74) is 1.87. The van der Waals surface area contributed by atoms with Crippen LogP contribution in [0.5, 0.6) is 0 Å². The van der Waals surface area contributed by atoms with Crippen LogP contribution < -0.4 is 4.90 Å². The van der Waals surface area contributed by atoms with Gasteiger partial charge in [0, 0.05) is 36.2 Å². The van der Waals surface area contributed by atoms with Crippen molar-refractivity contribution in [3.8, 4) is 11.4 Å². The molecule has 0 atom stereocenters. The SMILES string of the molecule is CCn1c(SCC(=O)N(c2ccccc2)C(C)C)nnc1-c1ccncc1. The number of pyridine rings is 1. The van der Waals surface area contributed by atoms with Gasteiger partial charge in [-0.15, -0.1) is 10.2 Å². The summed E-state index contributed by atoms with van der Waals surface area (Å²) >= 11 is 1.42. The first kappa shape index (κ1) is 19.1. The van der Waals surface area contributed by atoms with Gasteiger partial charge in [0.05, 0.1) is 5.75 Å². The Morgan fingerprint density at radius 3 is 2.44 bits per heavy atom. The van der Waals surface area contributed by atoms with Crippen molar-refractivity contribution in [2.75, 3.05) is 10.7 Å². The summed E-state index contributed by atoms with van der Waals surface area (Å²) in [5.74, 6) is 1.15. The number of amides is 1. The highest BCUT2D eigenvalue weighted by Gasteiger charge is 2.21. The number of aromatic nitrogens is 4. The van der Waals surface area contributed by atoms with Crippen molar-refractivity contribution in [1.29, 1.82) is 0 Å². The van der Waals surface area contributed by atoms with Gasteiger partial charge in [-0.05, 0) is 45.0 Å². The van der Waals surface area contributed by atoms with Crippen LogP contribution in [0.25, 0.3) is 11.4 Å². The average Bonchev–Trinajstić information content (AvgIpc) is 3.10. The lowest BCUT2D eigenvalue weighted by atomic mass is 10.2. The molecule has 0 N–H and O–H groups in total. The maximum absolute atomic E-state index is 12.9. The standard InChI is InChI=1S/C20H23N5OS/c1-4-24-19(16-10-12-21-13-11-16)22-23-20(24)27-14-18(26)25(15(2)3)17-8-6-5-7-9-17/h5-13,15H,4,14H2,1-3H3. The topological polar surface area (TPSA) is 63.9 Å². The molecule has 6 nitrogen and oxygen atoms in total. The number of benzene rings is 1. The fraction of sp³-hybridized carbons (Fsp3) is 0.300. The van der Waals surface area contributed by atoms with Crippen LogP contribution in [-0.2, 0) is 11.3 Å². The van der Waals surface area contributed by atoms with Gasteiger partial charge in [-0.3, -0.25) is 9.78 Å². The van der Waals surface area contributed by atoms with E-state index in [2.05, 4.69) is 15.2 Å². The molecule has 0 radical (unpaired) electrons. The first-order valence-corrected chi connectivity index (χ1v) is 9.94. The third kappa shape index (κ3) is 4.36. The number of para-hydroxylation sites is 1. The summed E-state index contributed by atoms with van der Waals surface area (Å²) in [4.78, 5) is 18.7. The minimum atomic E-state index is 0.0531. The fourth-order valence-corrected chi connectivity index (χ4v) is 3.77. The van der Waals surface area contributed by atoms with Gasteiger partial charge in [-0.2, -0.15) is 0 Å². The summed E-state index contributed by atoms with van der Waals surface area (Å²) in [6.45, 7) is 6.81. The maximum Gasteiger partial charge on any atom is 0.237 e. The van der Waals surface area contributed by atoms with Crippen molar-refractivity contribution >= 4 is 23.4 Å². The number of rotatable bonds is 7. The Hall–Kier alpha value is -2.67. The predicted octanol–water partition coefficient (Wildman–Crippen LogP) is 3.89.